The molecule has 25 heavy (non-hydrogen) atoms. The molecule has 132 valence electrons. The number of rotatable bonds is 7. The fourth-order valence-electron chi connectivity index (χ4n) is 2.87. The van der Waals surface area contributed by atoms with E-state index in [0.29, 0.717) is 12.3 Å². The summed E-state index contributed by atoms with van der Waals surface area (Å²) in [5, 5.41) is 12.4. The summed E-state index contributed by atoms with van der Waals surface area (Å²) < 4.78 is 5.64. The third kappa shape index (κ3) is 4.97. The van der Waals surface area contributed by atoms with Crippen LogP contribution >= 0.6 is 0 Å². The zero-order valence-electron chi connectivity index (χ0n) is 14.3. The highest BCUT2D eigenvalue weighted by molar-refractivity contribution is 5.78. The number of ether oxygens (including phenoxy) is 1. The van der Waals surface area contributed by atoms with Gasteiger partial charge >= 0.3 is 0 Å². The molecule has 1 amide bonds. The number of likely N-dealkylation sites (tertiary alicyclic amines) is 1. The van der Waals surface area contributed by atoms with Crippen LogP contribution in [0.3, 0.4) is 0 Å². The Hall–Kier alpha value is -2.53. The Morgan fingerprint density at radius 1 is 1.08 bits per heavy atom. The maximum atomic E-state index is 12.0. The summed E-state index contributed by atoms with van der Waals surface area (Å²) in [5.74, 6) is 0.744. The largest absolute Gasteiger partial charge is 0.484 e. The fraction of sp³-hybridized carbons (Fsp3) is 0.350. The Kier molecular flexibility index (Phi) is 5.90. The second-order valence-electron chi connectivity index (χ2n) is 6.23. The van der Waals surface area contributed by atoms with Crippen molar-refractivity contribution >= 4 is 11.6 Å². The van der Waals surface area contributed by atoms with Gasteiger partial charge in [-0.15, -0.1) is 0 Å². The van der Waals surface area contributed by atoms with E-state index < -0.39 is 0 Å². The number of amides is 1. The van der Waals surface area contributed by atoms with Crippen molar-refractivity contribution in [2.24, 2.45) is 0 Å². The van der Waals surface area contributed by atoms with Crippen LogP contribution < -0.4 is 10.1 Å². The van der Waals surface area contributed by atoms with Gasteiger partial charge in [0.05, 0.1) is 6.61 Å². The second-order valence-corrected chi connectivity index (χ2v) is 6.23. The van der Waals surface area contributed by atoms with Gasteiger partial charge in [-0.3, -0.25) is 4.79 Å². The summed E-state index contributed by atoms with van der Waals surface area (Å²) in [6, 6.07) is 15.5. The van der Waals surface area contributed by atoms with E-state index in [1.54, 1.807) is 0 Å². The molecule has 1 aliphatic rings. The average molecular weight is 340 g/mol. The SMILES string of the molecule is O=C(COc1cccc(NCc2ccc(CO)cc2)c1)N1CCCC1. The number of aliphatic hydroxyl groups is 1. The molecule has 2 N–H and O–H groups in total. The van der Waals surface area contributed by atoms with E-state index in [9.17, 15) is 4.79 Å². The first kappa shape index (κ1) is 17.3. The molecule has 0 atom stereocenters. The Morgan fingerprint density at radius 3 is 2.52 bits per heavy atom. The van der Waals surface area contributed by atoms with Crippen LogP contribution in [0, 0.1) is 0 Å². The van der Waals surface area contributed by atoms with Crippen molar-refractivity contribution in [1.29, 1.82) is 0 Å². The van der Waals surface area contributed by atoms with Gasteiger partial charge < -0.3 is 20.1 Å². The number of hydrogen-bond acceptors (Lipinski definition) is 4. The molecule has 0 aromatic heterocycles. The molecule has 2 aromatic carbocycles. The molecule has 3 rings (SSSR count). The highest BCUT2D eigenvalue weighted by atomic mass is 16.5. The Morgan fingerprint density at radius 2 is 1.80 bits per heavy atom. The van der Waals surface area contributed by atoms with Crippen LogP contribution in [0.4, 0.5) is 5.69 Å². The first-order valence-corrected chi connectivity index (χ1v) is 8.68. The van der Waals surface area contributed by atoms with E-state index in [1.807, 2.05) is 53.4 Å². The van der Waals surface area contributed by atoms with Crippen molar-refractivity contribution in [2.45, 2.75) is 26.0 Å². The number of aliphatic hydroxyl groups excluding tert-OH is 1. The Labute approximate surface area is 148 Å². The van der Waals surface area contributed by atoms with Gasteiger partial charge in [-0.25, -0.2) is 0 Å². The van der Waals surface area contributed by atoms with E-state index >= 15 is 0 Å². The third-order valence-corrected chi connectivity index (χ3v) is 4.36. The summed E-state index contributed by atoms with van der Waals surface area (Å²) >= 11 is 0. The lowest BCUT2D eigenvalue weighted by Crippen LogP contribution is -2.32. The summed E-state index contributed by atoms with van der Waals surface area (Å²) in [6.07, 6.45) is 2.18. The van der Waals surface area contributed by atoms with Crippen molar-refractivity contribution in [3.05, 3.63) is 59.7 Å². The first-order valence-electron chi connectivity index (χ1n) is 8.68. The molecule has 0 bridgehead atoms. The molecule has 1 fully saturated rings. The Bertz CT molecular complexity index is 694. The van der Waals surface area contributed by atoms with E-state index in [4.69, 9.17) is 9.84 Å². The minimum Gasteiger partial charge on any atom is -0.484 e. The van der Waals surface area contributed by atoms with Gasteiger partial charge in [0.1, 0.15) is 5.75 Å². The molecule has 0 aliphatic carbocycles. The molecule has 1 aliphatic heterocycles. The topological polar surface area (TPSA) is 61.8 Å². The van der Waals surface area contributed by atoms with Gasteiger partial charge in [0.2, 0.25) is 0 Å². The molecule has 0 radical (unpaired) electrons. The van der Waals surface area contributed by atoms with Crippen LogP contribution in [-0.2, 0) is 17.9 Å². The number of anilines is 1. The summed E-state index contributed by atoms with van der Waals surface area (Å²) in [5.41, 5.74) is 2.98. The highest BCUT2D eigenvalue weighted by Gasteiger charge is 2.18. The number of hydrogen-bond donors (Lipinski definition) is 2. The smallest absolute Gasteiger partial charge is 0.260 e. The minimum absolute atomic E-state index is 0.0554. The predicted molar refractivity (Wildman–Crippen MR) is 97.4 cm³/mol. The molecular formula is C20H24N2O3. The van der Waals surface area contributed by atoms with Gasteiger partial charge in [0.25, 0.3) is 5.91 Å². The van der Waals surface area contributed by atoms with Gasteiger partial charge in [-0.05, 0) is 36.1 Å². The zero-order chi connectivity index (χ0) is 17.5. The van der Waals surface area contributed by atoms with Crippen molar-refractivity contribution in [3.8, 4) is 5.75 Å². The van der Waals surface area contributed by atoms with Crippen LogP contribution in [0.5, 0.6) is 5.75 Å². The van der Waals surface area contributed by atoms with Crippen LogP contribution in [0.2, 0.25) is 0 Å². The van der Waals surface area contributed by atoms with Gasteiger partial charge in [0, 0.05) is 31.4 Å². The zero-order valence-corrected chi connectivity index (χ0v) is 14.3. The maximum Gasteiger partial charge on any atom is 0.260 e. The predicted octanol–water partition coefficient (Wildman–Crippen LogP) is 2.79. The molecule has 0 saturated carbocycles. The molecule has 5 nitrogen and oxygen atoms in total. The summed E-state index contributed by atoms with van der Waals surface area (Å²) in [6.45, 7) is 2.52. The van der Waals surface area contributed by atoms with E-state index in [1.165, 1.54) is 0 Å². The summed E-state index contributed by atoms with van der Waals surface area (Å²) in [4.78, 5) is 13.9. The van der Waals surface area contributed by atoms with E-state index in [2.05, 4.69) is 5.32 Å². The maximum absolute atomic E-state index is 12.0. The first-order chi connectivity index (χ1) is 12.2. The standard InChI is InChI=1S/C20H24N2O3/c23-14-17-8-6-16(7-9-17)13-21-18-4-3-5-19(12-18)25-15-20(24)22-10-1-2-11-22/h3-9,12,21,23H,1-2,10-11,13-15H2. The highest BCUT2D eigenvalue weighted by Crippen LogP contribution is 2.19. The van der Waals surface area contributed by atoms with Gasteiger partial charge in [0.15, 0.2) is 6.61 Å². The number of carbonyl (C=O) groups is 1. The third-order valence-electron chi connectivity index (χ3n) is 4.36. The van der Waals surface area contributed by atoms with E-state index in [0.717, 1.165) is 42.7 Å². The van der Waals surface area contributed by atoms with Crippen LogP contribution in [0.25, 0.3) is 0 Å². The van der Waals surface area contributed by atoms with Crippen molar-refractivity contribution in [2.75, 3.05) is 25.0 Å². The molecule has 1 heterocycles. The quantitative estimate of drug-likeness (QED) is 0.814. The molecule has 1 saturated heterocycles. The van der Waals surface area contributed by atoms with Gasteiger partial charge in [-0.1, -0.05) is 30.3 Å². The normalized spacial score (nSPS) is 13.7. The van der Waals surface area contributed by atoms with Crippen LogP contribution in [-0.4, -0.2) is 35.6 Å². The number of carbonyl (C=O) groups excluding carboxylic acids is 1. The minimum atomic E-state index is 0.0554. The van der Waals surface area contributed by atoms with Crippen molar-refractivity contribution < 1.29 is 14.6 Å². The van der Waals surface area contributed by atoms with Crippen molar-refractivity contribution in [1.82, 2.24) is 4.90 Å². The van der Waals surface area contributed by atoms with Crippen LogP contribution in [0.1, 0.15) is 24.0 Å². The van der Waals surface area contributed by atoms with Crippen LogP contribution in [0.15, 0.2) is 48.5 Å². The van der Waals surface area contributed by atoms with Gasteiger partial charge in [-0.2, -0.15) is 0 Å². The monoisotopic (exact) mass is 340 g/mol. The lowest BCUT2D eigenvalue weighted by molar-refractivity contribution is -0.132. The average Bonchev–Trinajstić information content (AvgIpc) is 3.20. The lowest BCUT2D eigenvalue weighted by atomic mass is 10.1. The molecule has 5 heteroatoms. The lowest BCUT2D eigenvalue weighted by Gasteiger charge is -2.16. The second kappa shape index (κ2) is 8.53. The van der Waals surface area contributed by atoms with E-state index in [-0.39, 0.29) is 19.1 Å². The fourth-order valence-corrected chi connectivity index (χ4v) is 2.87. The molecule has 0 spiro atoms. The number of nitrogens with zero attached hydrogens (tertiary/aromatic N) is 1. The summed E-state index contributed by atoms with van der Waals surface area (Å²) in [7, 11) is 0. The Balaban J connectivity index is 1.51. The number of benzene rings is 2. The molecular weight excluding hydrogens is 316 g/mol. The molecule has 0 unspecified atom stereocenters. The van der Waals surface area contributed by atoms with Crippen molar-refractivity contribution in [3.63, 3.8) is 0 Å². The number of nitrogens with one attached hydrogen (secondary N) is 1. The molecule has 2 aromatic rings.